The molecule has 2 atom stereocenters. The van der Waals surface area contributed by atoms with Crippen molar-refractivity contribution in [2.24, 2.45) is 5.92 Å². The first-order valence-corrected chi connectivity index (χ1v) is 7.76. The minimum atomic E-state index is -0.426. The summed E-state index contributed by atoms with van der Waals surface area (Å²) >= 11 is 0. The number of ether oxygens (including phenoxy) is 1. The van der Waals surface area contributed by atoms with Gasteiger partial charge in [-0.2, -0.15) is 0 Å². The molecule has 1 aliphatic heterocycles. The molecule has 2 rings (SSSR count). The first-order chi connectivity index (χ1) is 9.60. The highest BCUT2D eigenvalue weighted by molar-refractivity contribution is 5.38. The van der Waals surface area contributed by atoms with E-state index in [1.807, 2.05) is 26.0 Å². The van der Waals surface area contributed by atoms with Gasteiger partial charge in [-0.1, -0.05) is 13.0 Å². The Labute approximate surface area is 122 Å². The minimum absolute atomic E-state index is 0.426. The van der Waals surface area contributed by atoms with Gasteiger partial charge in [0.1, 0.15) is 5.75 Å². The molecule has 1 saturated heterocycles. The van der Waals surface area contributed by atoms with E-state index in [0.29, 0.717) is 6.61 Å². The molecule has 0 aromatic heterocycles. The van der Waals surface area contributed by atoms with Gasteiger partial charge in [0.2, 0.25) is 0 Å². The smallest absolute Gasteiger partial charge is 0.123 e. The van der Waals surface area contributed by atoms with Gasteiger partial charge in [-0.05, 0) is 56.8 Å². The fourth-order valence-electron chi connectivity index (χ4n) is 2.95. The lowest BCUT2D eigenvalue weighted by molar-refractivity contribution is 0.173. The van der Waals surface area contributed by atoms with Crippen molar-refractivity contribution in [3.63, 3.8) is 0 Å². The van der Waals surface area contributed by atoms with Crippen LogP contribution in [0.5, 0.6) is 5.75 Å². The van der Waals surface area contributed by atoms with Crippen LogP contribution in [0.4, 0.5) is 0 Å². The third-order valence-corrected chi connectivity index (χ3v) is 4.00. The van der Waals surface area contributed by atoms with Crippen molar-refractivity contribution in [1.29, 1.82) is 0 Å². The molecule has 0 saturated carbocycles. The number of aliphatic hydroxyl groups excluding tert-OH is 1. The van der Waals surface area contributed by atoms with Gasteiger partial charge < -0.3 is 9.84 Å². The van der Waals surface area contributed by atoms with E-state index in [2.05, 4.69) is 17.9 Å². The van der Waals surface area contributed by atoms with Crippen molar-refractivity contribution in [2.75, 3.05) is 19.7 Å². The Morgan fingerprint density at radius 3 is 2.90 bits per heavy atom. The highest BCUT2D eigenvalue weighted by Gasteiger charge is 2.18. The summed E-state index contributed by atoms with van der Waals surface area (Å²) in [5, 5.41) is 9.76. The molecule has 1 heterocycles. The van der Waals surface area contributed by atoms with Gasteiger partial charge in [-0.15, -0.1) is 0 Å². The van der Waals surface area contributed by atoms with E-state index in [-0.39, 0.29) is 0 Å². The Morgan fingerprint density at radius 1 is 1.45 bits per heavy atom. The van der Waals surface area contributed by atoms with E-state index < -0.39 is 6.10 Å². The van der Waals surface area contributed by atoms with Crippen molar-refractivity contribution >= 4 is 0 Å². The first kappa shape index (κ1) is 15.3. The average molecular weight is 277 g/mol. The summed E-state index contributed by atoms with van der Waals surface area (Å²) in [6.07, 6.45) is 2.19. The van der Waals surface area contributed by atoms with Crippen LogP contribution in [0.3, 0.4) is 0 Å². The van der Waals surface area contributed by atoms with Crippen LogP contribution < -0.4 is 4.74 Å². The quantitative estimate of drug-likeness (QED) is 0.895. The van der Waals surface area contributed by atoms with E-state index >= 15 is 0 Å². The Hall–Kier alpha value is -1.06. The highest BCUT2D eigenvalue weighted by Crippen LogP contribution is 2.26. The Morgan fingerprint density at radius 2 is 2.25 bits per heavy atom. The van der Waals surface area contributed by atoms with Gasteiger partial charge in [-0.3, -0.25) is 4.90 Å². The van der Waals surface area contributed by atoms with Crippen LogP contribution in [0.15, 0.2) is 18.2 Å². The number of hydrogen-bond donors (Lipinski definition) is 1. The zero-order valence-electron chi connectivity index (χ0n) is 12.9. The largest absolute Gasteiger partial charge is 0.494 e. The number of aliphatic hydroxyl groups is 1. The maximum Gasteiger partial charge on any atom is 0.123 e. The molecule has 3 heteroatoms. The summed E-state index contributed by atoms with van der Waals surface area (Å²) in [7, 11) is 0. The van der Waals surface area contributed by atoms with Crippen molar-refractivity contribution in [3.05, 3.63) is 29.3 Å². The van der Waals surface area contributed by atoms with E-state index in [0.717, 1.165) is 36.9 Å². The van der Waals surface area contributed by atoms with Crippen molar-refractivity contribution in [1.82, 2.24) is 4.90 Å². The Balaban J connectivity index is 2.16. The molecule has 0 radical (unpaired) electrons. The van der Waals surface area contributed by atoms with E-state index in [9.17, 15) is 5.11 Å². The number of rotatable bonds is 5. The molecule has 1 N–H and O–H groups in total. The molecule has 0 amide bonds. The number of hydrogen-bond acceptors (Lipinski definition) is 3. The normalized spacial score (nSPS) is 21.7. The molecule has 0 spiro atoms. The standard InChI is InChI=1S/C17H27NO2/c1-4-20-17-8-7-15(14(3)19)10-16(17)12-18-9-5-6-13(2)11-18/h7-8,10,13-14,19H,4-6,9,11-12H2,1-3H3. The van der Waals surface area contributed by atoms with Crippen LogP contribution in [0, 0.1) is 5.92 Å². The summed E-state index contributed by atoms with van der Waals surface area (Å²) < 4.78 is 5.73. The predicted molar refractivity (Wildman–Crippen MR) is 81.9 cm³/mol. The van der Waals surface area contributed by atoms with E-state index in [4.69, 9.17) is 4.74 Å². The molecule has 1 aliphatic rings. The lowest BCUT2D eigenvalue weighted by Crippen LogP contribution is -2.33. The lowest BCUT2D eigenvalue weighted by atomic mass is 9.99. The molecule has 1 aromatic rings. The van der Waals surface area contributed by atoms with Gasteiger partial charge >= 0.3 is 0 Å². The average Bonchev–Trinajstić information content (AvgIpc) is 2.41. The molecule has 20 heavy (non-hydrogen) atoms. The maximum absolute atomic E-state index is 9.76. The van der Waals surface area contributed by atoms with Crippen LogP contribution in [-0.4, -0.2) is 29.7 Å². The predicted octanol–water partition coefficient (Wildman–Crippen LogP) is 3.37. The second kappa shape index (κ2) is 7.09. The maximum atomic E-state index is 9.76. The number of benzene rings is 1. The van der Waals surface area contributed by atoms with Crippen LogP contribution >= 0.6 is 0 Å². The fourth-order valence-corrected chi connectivity index (χ4v) is 2.95. The molecule has 3 nitrogen and oxygen atoms in total. The topological polar surface area (TPSA) is 32.7 Å². The van der Waals surface area contributed by atoms with Gasteiger partial charge in [-0.25, -0.2) is 0 Å². The zero-order valence-corrected chi connectivity index (χ0v) is 12.9. The van der Waals surface area contributed by atoms with Crippen LogP contribution in [-0.2, 0) is 6.54 Å². The van der Waals surface area contributed by atoms with E-state index in [1.165, 1.54) is 18.4 Å². The number of piperidine rings is 1. The summed E-state index contributed by atoms with van der Waals surface area (Å²) in [6, 6.07) is 6.04. The summed E-state index contributed by atoms with van der Waals surface area (Å²) in [6.45, 7) is 10.1. The monoisotopic (exact) mass is 277 g/mol. The Bertz CT molecular complexity index is 431. The second-order valence-electron chi connectivity index (χ2n) is 5.96. The van der Waals surface area contributed by atoms with Gasteiger partial charge in [0.05, 0.1) is 12.7 Å². The summed E-state index contributed by atoms with van der Waals surface area (Å²) in [4.78, 5) is 2.50. The van der Waals surface area contributed by atoms with Crippen LogP contribution in [0.25, 0.3) is 0 Å². The summed E-state index contributed by atoms with van der Waals surface area (Å²) in [5.41, 5.74) is 2.16. The van der Waals surface area contributed by atoms with Crippen molar-refractivity contribution in [3.8, 4) is 5.75 Å². The summed E-state index contributed by atoms with van der Waals surface area (Å²) in [5.74, 6) is 1.73. The molecule has 2 unspecified atom stereocenters. The van der Waals surface area contributed by atoms with Gasteiger partial charge in [0.25, 0.3) is 0 Å². The van der Waals surface area contributed by atoms with Gasteiger partial charge in [0, 0.05) is 18.7 Å². The van der Waals surface area contributed by atoms with Crippen LogP contribution in [0.2, 0.25) is 0 Å². The molecule has 0 aliphatic carbocycles. The third-order valence-electron chi connectivity index (χ3n) is 4.00. The molecule has 1 aromatic carbocycles. The minimum Gasteiger partial charge on any atom is -0.494 e. The highest BCUT2D eigenvalue weighted by atomic mass is 16.5. The van der Waals surface area contributed by atoms with Crippen molar-refractivity contribution < 1.29 is 9.84 Å². The van der Waals surface area contributed by atoms with E-state index in [1.54, 1.807) is 0 Å². The molecular weight excluding hydrogens is 250 g/mol. The second-order valence-corrected chi connectivity index (χ2v) is 5.96. The molecule has 0 bridgehead atoms. The number of likely N-dealkylation sites (tertiary alicyclic amines) is 1. The SMILES string of the molecule is CCOc1ccc(C(C)O)cc1CN1CCCC(C)C1. The third kappa shape index (κ3) is 3.97. The molecular formula is C17H27NO2. The Kier molecular flexibility index (Phi) is 5.44. The number of nitrogens with zero attached hydrogens (tertiary/aromatic N) is 1. The van der Waals surface area contributed by atoms with Crippen LogP contribution in [0.1, 0.15) is 50.8 Å². The zero-order chi connectivity index (χ0) is 14.5. The fraction of sp³-hybridized carbons (Fsp3) is 0.647. The molecule has 1 fully saturated rings. The first-order valence-electron chi connectivity index (χ1n) is 7.76. The lowest BCUT2D eigenvalue weighted by Gasteiger charge is -2.31. The molecule has 112 valence electrons. The van der Waals surface area contributed by atoms with Gasteiger partial charge in [0.15, 0.2) is 0 Å². The van der Waals surface area contributed by atoms with Crippen molar-refractivity contribution in [2.45, 2.75) is 46.3 Å².